The third kappa shape index (κ3) is 4.84. The highest BCUT2D eigenvalue weighted by Crippen LogP contribution is 2.30. The van der Waals surface area contributed by atoms with Crippen LogP contribution in [0.2, 0.25) is 5.02 Å². The Kier molecular flexibility index (Phi) is 6.19. The molecule has 1 aromatic carbocycles. The second-order valence-corrected chi connectivity index (χ2v) is 5.08. The van der Waals surface area contributed by atoms with E-state index in [0.29, 0.717) is 41.0 Å². The maximum Gasteiger partial charge on any atom is 0.270 e. The molecular weight excluding hydrogens is 318 g/mol. The van der Waals surface area contributed by atoms with Crippen molar-refractivity contribution in [3.05, 3.63) is 47.2 Å². The molecule has 6 nitrogen and oxygen atoms in total. The van der Waals surface area contributed by atoms with Gasteiger partial charge < -0.3 is 20.1 Å². The van der Waals surface area contributed by atoms with Gasteiger partial charge in [0.25, 0.3) is 5.91 Å². The maximum absolute atomic E-state index is 12.0. The molecule has 0 spiro atoms. The zero-order valence-electron chi connectivity index (χ0n) is 12.9. The fourth-order valence-corrected chi connectivity index (χ4v) is 2.10. The first-order valence-corrected chi connectivity index (χ1v) is 7.35. The lowest BCUT2D eigenvalue weighted by Crippen LogP contribution is -2.27. The summed E-state index contributed by atoms with van der Waals surface area (Å²) in [6.07, 6.45) is 1.56. The summed E-state index contributed by atoms with van der Waals surface area (Å²) in [4.78, 5) is 16.1. The average molecular weight is 336 g/mol. The molecule has 0 unspecified atom stereocenters. The molecule has 0 bridgehead atoms. The van der Waals surface area contributed by atoms with Crippen LogP contribution >= 0.6 is 11.6 Å². The molecule has 1 aromatic heterocycles. The first kappa shape index (κ1) is 17.1. The number of hydrogen-bond donors (Lipinski definition) is 2. The van der Waals surface area contributed by atoms with Crippen molar-refractivity contribution in [2.24, 2.45) is 0 Å². The molecular formula is C16H18ClN3O3. The van der Waals surface area contributed by atoms with Crippen molar-refractivity contribution >= 4 is 28.9 Å². The molecule has 7 heteroatoms. The van der Waals surface area contributed by atoms with Gasteiger partial charge in [0.2, 0.25) is 0 Å². The predicted octanol–water partition coefficient (Wildman–Crippen LogP) is 2.86. The van der Waals surface area contributed by atoms with Gasteiger partial charge in [-0.3, -0.25) is 9.78 Å². The lowest BCUT2D eigenvalue weighted by Gasteiger charge is -2.12. The second kappa shape index (κ2) is 8.36. The van der Waals surface area contributed by atoms with Gasteiger partial charge in [0, 0.05) is 30.6 Å². The van der Waals surface area contributed by atoms with Gasteiger partial charge in [0.05, 0.1) is 19.4 Å². The molecule has 0 saturated carbocycles. The van der Waals surface area contributed by atoms with E-state index in [1.54, 1.807) is 50.7 Å². The summed E-state index contributed by atoms with van der Waals surface area (Å²) in [5.41, 5.74) is 1.72. The van der Waals surface area contributed by atoms with Crippen molar-refractivity contribution in [3.63, 3.8) is 0 Å². The standard InChI is InChI=1S/C16H18ClN3O3/c1-22-8-7-19-16(21)14-10-12(5-6-18-14)20-13-9-11(17)3-4-15(13)23-2/h3-6,9-10H,7-8H2,1-2H3,(H,18,20)(H,19,21). The normalized spacial score (nSPS) is 10.2. The number of pyridine rings is 1. The summed E-state index contributed by atoms with van der Waals surface area (Å²) in [6.45, 7) is 0.875. The van der Waals surface area contributed by atoms with E-state index in [1.165, 1.54) is 0 Å². The minimum Gasteiger partial charge on any atom is -0.495 e. The van der Waals surface area contributed by atoms with Gasteiger partial charge in [-0.2, -0.15) is 0 Å². The van der Waals surface area contributed by atoms with Gasteiger partial charge in [-0.1, -0.05) is 11.6 Å². The van der Waals surface area contributed by atoms with Gasteiger partial charge in [-0.25, -0.2) is 0 Å². The van der Waals surface area contributed by atoms with E-state index < -0.39 is 0 Å². The molecule has 0 aliphatic rings. The Labute approximate surface area is 139 Å². The zero-order valence-corrected chi connectivity index (χ0v) is 13.7. The van der Waals surface area contributed by atoms with Crippen LogP contribution in [-0.4, -0.2) is 38.3 Å². The van der Waals surface area contributed by atoms with E-state index in [2.05, 4.69) is 15.6 Å². The number of anilines is 2. The van der Waals surface area contributed by atoms with E-state index in [1.807, 2.05) is 0 Å². The molecule has 1 heterocycles. The lowest BCUT2D eigenvalue weighted by atomic mass is 10.2. The number of aromatic nitrogens is 1. The fraction of sp³-hybridized carbons (Fsp3) is 0.250. The number of hydrogen-bond acceptors (Lipinski definition) is 5. The van der Waals surface area contributed by atoms with Gasteiger partial charge in [-0.05, 0) is 30.3 Å². The summed E-state index contributed by atoms with van der Waals surface area (Å²) in [5.74, 6) is 0.390. The average Bonchev–Trinajstić information content (AvgIpc) is 2.55. The highest BCUT2D eigenvalue weighted by Gasteiger charge is 2.09. The van der Waals surface area contributed by atoms with Crippen LogP contribution in [0.1, 0.15) is 10.5 Å². The Morgan fingerprint density at radius 2 is 2.09 bits per heavy atom. The highest BCUT2D eigenvalue weighted by atomic mass is 35.5. The molecule has 0 radical (unpaired) electrons. The summed E-state index contributed by atoms with van der Waals surface area (Å²) in [6, 6.07) is 8.67. The highest BCUT2D eigenvalue weighted by molar-refractivity contribution is 6.31. The predicted molar refractivity (Wildman–Crippen MR) is 89.7 cm³/mol. The Balaban J connectivity index is 2.14. The third-order valence-corrected chi connectivity index (χ3v) is 3.26. The van der Waals surface area contributed by atoms with E-state index in [0.717, 1.165) is 0 Å². The van der Waals surface area contributed by atoms with Crippen molar-refractivity contribution in [2.45, 2.75) is 0 Å². The Morgan fingerprint density at radius 1 is 1.26 bits per heavy atom. The number of ether oxygens (including phenoxy) is 2. The van der Waals surface area contributed by atoms with E-state index >= 15 is 0 Å². The number of carbonyl (C=O) groups excluding carboxylic acids is 1. The summed E-state index contributed by atoms with van der Waals surface area (Å²) in [7, 11) is 3.16. The molecule has 2 N–H and O–H groups in total. The topological polar surface area (TPSA) is 72.5 Å². The van der Waals surface area contributed by atoms with Gasteiger partial charge >= 0.3 is 0 Å². The molecule has 0 aliphatic heterocycles. The zero-order chi connectivity index (χ0) is 16.7. The monoisotopic (exact) mass is 335 g/mol. The fourth-order valence-electron chi connectivity index (χ4n) is 1.92. The van der Waals surface area contributed by atoms with Crippen LogP contribution in [0.25, 0.3) is 0 Å². The van der Waals surface area contributed by atoms with Gasteiger partial charge in [0.1, 0.15) is 11.4 Å². The summed E-state index contributed by atoms with van der Waals surface area (Å²) < 4.78 is 10.2. The Bertz CT molecular complexity index is 679. The molecule has 23 heavy (non-hydrogen) atoms. The number of carbonyl (C=O) groups is 1. The number of halogens is 1. The molecule has 0 fully saturated rings. The number of benzene rings is 1. The van der Waals surface area contributed by atoms with Crippen LogP contribution in [0.5, 0.6) is 5.75 Å². The van der Waals surface area contributed by atoms with Gasteiger partial charge in [-0.15, -0.1) is 0 Å². The molecule has 0 saturated heterocycles. The second-order valence-electron chi connectivity index (χ2n) is 4.65. The maximum atomic E-state index is 12.0. The summed E-state index contributed by atoms with van der Waals surface area (Å²) >= 11 is 6.01. The van der Waals surface area contributed by atoms with Crippen molar-refractivity contribution in [1.29, 1.82) is 0 Å². The molecule has 0 aliphatic carbocycles. The van der Waals surface area contributed by atoms with Crippen molar-refractivity contribution < 1.29 is 14.3 Å². The smallest absolute Gasteiger partial charge is 0.270 e. The quantitative estimate of drug-likeness (QED) is 0.761. The number of nitrogens with one attached hydrogen (secondary N) is 2. The first-order chi connectivity index (χ1) is 11.1. The SMILES string of the molecule is COCCNC(=O)c1cc(Nc2cc(Cl)ccc2OC)ccn1. The van der Waals surface area contributed by atoms with Gasteiger partial charge in [0.15, 0.2) is 0 Å². The number of nitrogens with zero attached hydrogens (tertiary/aromatic N) is 1. The van der Waals surface area contributed by atoms with Crippen LogP contribution < -0.4 is 15.4 Å². The van der Waals surface area contributed by atoms with Crippen LogP contribution in [0.4, 0.5) is 11.4 Å². The largest absolute Gasteiger partial charge is 0.495 e. The van der Waals surface area contributed by atoms with Crippen molar-refractivity contribution in [2.75, 3.05) is 32.7 Å². The molecule has 122 valence electrons. The first-order valence-electron chi connectivity index (χ1n) is 6.98. The number of amides is 1. The Morgan fingerprint density at radius 3 is 2.83 bits per heavy atom. The minimum atomic E-state index is -0.260. The van der Waals surface area contributed by atoms with E-state index in [-0.39, 0.29) is 5.91 Å². The number of methoxy groups -OCH3 is 2. The lowest BCUT2D eigenvalue weighted by molar-refractivity contribution is 0.0932. The minimum absolute atomic E-state index is 0.260. The third-order valence-electron chi connectivity index (χ3n) is 3.02. The number of rotatable bonds is 7. The molecule has 1 amide bonds. The van der Waals surface area contributed by atoms with Crippen molar-refractivity contribution in [1.82, 2.24) is 10.3 Å². The Hall–Kier alpha value is -2.31. The molecule has 0 atom stereocenters. The van der Waals surface area contributed by atoms with Crippen molar-refractivity contribution in [3.8, 4) is 5.75 Å². The molecule has 2 aromatic rings. The van der Waals surface area contributed by atoms with E-state index in [9.17, 15) is 4.79 Å². The summed E-state index contributed by atoms with van der Waals surface area (Å²) in [5, 5.41) is 6.48. The van der Waals surface area contributed by atoms with Crippen LogP contribution in [0.3, 0.4) is 0 Å². The van der Waals surface area contributed by atoms with Crippen LogP contribution in [-0.2, 0) is 4.74 Å². The van der Waals surface area contributed by atoms with E-state index in [4.69, 9.17) is 21.1 Å². The van der Waals surface area contributed by atoms with Crippen LogP contribution in [0.15, 0.2) is 36.5 Å². The van der Waals surface area contributed by atoms with Crippen LogP contribution in [0, 0.1) is 0 Å². The molecule has 2 rings (SSSR count).